The Morgan fingerprint density at radius 3 is 2.37 bits per heavy atom. The van der Waals surface area contributed by atoms with E-state index >= 15 is 0 Å². The molecule has 0 bridgehead atoms. The van der Waals surface area contributed by atoms with Gasteiger partial charge in [-0.05, 0) is 60.0 Å². The summed E-state index contributed by atoms with van der Waals surface area (Å²) in [4.78, 5) is 67.9. The third kappa shape index (κ3) is 7.58. The number of nitrogens with two attached hydrogens (primary N) is 1. The molecule has 5 N–H and O–H groups in total. The van der Waals surface area contributed by atoms with Gasteiger partial charge in [-0.3, -0.25) is 19.2 Å². The summed E-state index contributed by atoms with van der Waals surface area (Å²) in [5.74, 6) is -0.0281. The smallest absolute Gasteiger partial charge is 0.315 e. The van der Waals surface area contributed by atoms with E-state index in [9.17, 15) is 24.0 Å². The zero-order valence-electron chi connectivity index (χ0n) is 27.9. The van der Waals surface area contributed by atoms with Crippen LogP contribution in [-0.2, 0) is 24.9 Å². The molecule has 2 heterocycles. The largest absolute Gasteiger partial charge is 0.468 e. The lowest BCUT2D eigenvalue weighted by atomic mass is 9.83. The van der Waals surface area contributed by atoms with Crippen LogP contribution in [0, 0.1) is 28.6 Å². The SMILES string of the molecule is CC(C)(C)[C@H](NC(=O)NC1(CSCc2ccco2)CCCCC1)C(=O)N1C[C@H]2[C@@H]([C@H]1C(=O)NC(CC1CC1)C(=O)C(N)=O)C2(C)C. The average molecular weight is 658 g/mol. The second-order valence-corrected chi connectivity index (χ2v) is 16.7. The van der Waals surface area contributed by atoms with Gasteiger partial charge in [0.2, 0.25) is 17.6 Å². The number of thioether (sulfide) groups is 1. The lowest BCUT2D eigenvalue weighted by molar-refractivity contribution is -0.145. The molecule has 1 aromatic heterocycles. The Kier molecular flexibility index (Phi) is 9.88. The van der Waals surface area contributed by atoms with E-state index in [1.54, 1.807) is 22.9 Å². The van der Waals surface area contributed by atoms with Crippen molar-refractivity contribution in [1.82, 2.24) is 20.9 Å². The van der Waals surface area contributed by atoms with Crippen molar-refractivity contribution in [3.05, 3.63) is 24.2 Å². The Labute approximate surface area is 276 Å². The number of piperidine rings is 1. The van der Waals surface area contributed by atoms with Crippen LogP contribution >= 0.6 is 11.8 Å². The van der Waals surface area contributed by atoms with Crippen molar-refractivity contribution in [2.24, 2.45) is 34.3 Å². The van der Waals surface area contributed by atoms with E-state index < -0.39 is 52.7 Å². The Morgan fingerprint density at radius 1 is 1.09 bits per heavy atom. The highest BCUT2D eigenvalue weighted by Crippen LogP contribution is 2.65. The average Bonchev–Trinajstić information content (AvgIpc) is 3.69. The van der Waals surface area contributed by atoms with Gasteiger partial charge < -0.3 is 31.0 Å². The molecule has 0 radical (unpaired) electrons. The number of furan rings is 1. The first-order valence-electron chi connectivity index (χ1n) is 16.8. The number of amides is 5. The van der Waals surface area contributed by atoms with Crippen LogP contribution in [0.5, 0.6) is 0 Å². The lowest BCUT2D eigenvalue weighted by Gasteiger charge is -2.40. The number of hydrogen-bond acceptors (Lipinski definition) is 7. The van der Waals surface area contributed by atoms with Crippen LogP contribution in [0.3, 0.4) is 0 Å². The van der Waals surface area contributed by atoms with Crippen LogP contribution in [-0.4, -0.2) is 70.4 Å². The van der Waals surface area contributed by atoms with Gasteiger partial charge in [-0.25, -0.2) is 4.79 Å². The quantitative estimate of drug-likeness (QED) is 0.235. The third-order valence-electron chi connectivity index (χ3n) is 10.7. The fourth-order valence-electron chi connectivity index (χ4n) is 7.66. The van der Waals surface area contributed by atoms with Gasteiger partial charge in [0.25, 0.3) is 5.91 Å². The maximum absolute atomic E-state index is 14.4. The van der Waals surface area contributed by atoms with Gasteiger partial charge in [0, 0.05) is 12.3 Å². The van der Waals surface area contributed by atoms with Crippen molar-refractivity contribution in [2.45, 2.75) is 115 Å². The summed E-state index contributed by atoms with van der Waals surface area (Å²) in [6, 6.07) is 0.709. The molecular formula is C34H51N5O6S. The number of fused-ring (bicyclic) bond motifs is 1. The molecule has 12 heteroatoms. The monoisotopic (exact) mass is 657 g/mol. The molecule has 3 aliphatic carbocycles. The van der Waals surface area contributed by atoms with Crippen LogP contribution < -0.4 is 21.7 Å². The summed E-state index contributed by atoms with van der Waals surface area (Å²) in [5.41, 5.74) is 4.12. The number of carbonyl (C=O) groups is 5. The van der Waals surface area contributed by atoms with E-state index in [1.807, 2.05) is 32.9 Å². The van der Waals surface area contributed by atoms with Crippen molar-refractivity contribution in [1.29, 1.82) is 0 Å². The molecule has 46 heavy (non-hydrogen) atoms. The lowest BCUT2D eigenvalue weighted by Crippen LogP contribution is -2.63. The number of urea groups is 1. The van der Waals surface area contributed by atoms with Crippen LogP contribution in [0.25, 0.3) is 0 Å². The summed E-state index contributed by atoms with van der Waals surface area (Å²) in [7, 11) is 0. The molecule has 1 saturated heterocycles. The normalized spacial score (nSPS) is 25.9. The fourth-order valence-corrected chi connectivity index (χ4v) is 8.88. The number of rotatable bonds is 13. The number of carbonyl (C=O) groups excluding carboxylic acids is 5. The van der Waals surface area contributed by atoms with E-state index in [-0.39, 0.29) is 29.1 Å². The molecule has 1 aliphatic heterocycles. The van der Waals surface area contributed by atoms with Gasteiger partial charge in [-0.2, -0.15) is 11.8 Å². The van der Waals surface area contributed by atoms with Crippen molar-refractivity contribution >= 4 is 41.3 Å². The molecule has 11 nitrogen and oxygen atoms in total. The molecule has 3 saturated carbocycles. The van der Waals surface area contributed by atoms with Gasteiger partial charge in [-0.15, -0.1) is 0 Å². The van der Waals surface area contributed by atoms with Crippen molar-refractivity contribution in [3.8, 4) is 0 Å². The van der Waals surface area contributed by atoms with E-state index in [1.165, 1.54) is 0 Å². The molecule has 4 fully saturated rings. The summed E-state index contributed by atoms with van der Waals surface area (Å²) < 4.78 is 5.49. The highest BCUT2D eigenvalue weighted by atomic mass is 32.2. The van der Waals surface area contributed by atoms with Crippen molar-refractivity contribution in [2.75, 3.05) is 12.3 Å². The van der Waals surface area contributed by atoms with Crippen LogP contribution in [0.2, 0.25) is 0 Å². The van der Waals surface area contributed by atoms with Gasteiger partial charge in [0.15, 0.2) is 0 Å². The standard InChI is InChI=1S/C34H51N5O6S/c1-32(2,3)27(37-31(44)38-34(13-7-6-8-14-34)19-46-18-21-10-9-15-45-21)30(43)39-17-22-24(33(22,4)5)25(39)29(42)36-23(16-20-11-12-20)26(40)28(35)41/h9-10,15,20,22-25,27H,6-8,11-14,16-19H2,1-5H3,(H2,35,41)(H,36,42)(H2,37,38,44)/t22-,23?,24-,25-,27+/m0/s1. The number of likely N-dealkylation sites (tertiary alicyclic amines) is 1. The van der Waals surface area contributed by atoms with Crippen LogP contribution in [0.15, 0.2) is 22.8 Å². The molecule has 0 spiro atoms. The van der Waals surface area contributed by atoms with E-state index in [0.29, 0.717) is 18.7 Å². The summed E-state index contributed by atoms with van der Waals surface area (Å²) in [6.07, 6.45) is 8.79. The molecule has 4 aliphatic rings. The first kappa shape index (κ1) is 34.3. The van der Waals surface area contributed by atoms with E-state index in [0.717, 1.165) is 56.5 Å². The van der Waals surface area contributed by atoms with Gasteiger partial charge in [-0.1, -0.05) is 66.7 Å². The number of nitrogens with one attached hydrogen (secondary N) is 3. The fraction of sp³-hybridized carbons (Fsp3) is 0.735. The molecular weight excluding hydrogens is 606 g/mol. The zero-order chi connectivity index (χ0) is 33.4. The number of ketones is 1. The second-order valence-electron chi connectivity index (χ2n) is 15.7. The minimum absolute atomic E-state index is 0.0900. The molecule has 5 amide bonds. The van der Waals surface area contributed by atoms with Gasteiger partial charge in [0.1, 0.15) is 17.8 Å². The minimum Gasteiger partial charge on any atom is -0.468 e. The molecule has 1 aromatic rings. The predicted octanol–water partition coefficient (Wildman–Crippen LogP) is 3.75. The van der Waals surface area contributed by atoms with E-state index in [2.05, 4.69) is 29.8 Å². The number of nitrogens with zero attached hydrogens (tertiary/aromatic N) is 1. The number of hydrogen-bond donors (Lipinski definition) is 4. The Hall–Kier alpha value is -3.02. The number of Topliss-reactive ketones (excluding diaryl/α,β-unsaturated/α-hetero) is 1. The van der Waals surface area contributed by atoms with Crippen LogP contribution in [0.4, 0.5) is 4.79 Å². The Balaban J connectivity index is 1.29. The van der Waals surface area contributed by atoms with E-state index in [4.69, 9.17) is 10.2 Å². The van der Waals surface area contributed by atoms with Crippen molar-refractivity contribution in [3.63, 3.8) is 0 Å². The molecule has 5 atom stereocenters. The highest BCUT2D eigenvalue weighted by molar-refractivity contribution is 7.98. The third-order valence-corrected chi connectivity index (χ3v) is 11.9. The first-order valence-corrected chi connectivity index (χ1v) is 17.9. The van der Waals surface area contributed by atoms with Crippen molar-refractivity contribution < 1.29 is 28.4 Å². The Morgan fingerprint density at radius 2 is 1.78 bits per heavy atom. The maximum Gasteiger partial charge on any atom is 0.315 e. The highest BCUT2D eigenvalue weighted by Gasteiger charge is 2.70. The van der Waals surface area contributed by atoms with Gasteiger partial charge in [0.05, 0.1) is 23.6 Å². The minimum atomic E-state index is -1.08. The molecule has 254 valence electrons. The summed E-state index contributed by atoms with van der Waals surface area (Å²) in [5, 5.41) is 9.08. The summed E-state index contributed by atoms with van der Waals surface area (Å²) in [6.45, 7) is 10.3. The summed E-state index contributed by atoms with van der Waals surface area (Å²) >= 11 is 1.72. The Bertz CT molecular complexity index is 1310. The maximum atomic E-state index is 14.4. The first-order chi connectivity index (χ1) is 21.6. The van der Waals surface area contributed by atoms with Crippen LogP contribution in [0.1, 0.15) is 91.7 Å². The predicted molar refractivity (Wildman–Crippen MR) is 175 cm³/mol. The zero-order valence-corrected chi connectivity index (χ0v) is 28.7. The second kappa shape index (κ2) is 13.2. The number of primary amides is 1. The molecule has 1 unspecified atom stereocenters. The molecule has 5 rings (SSSR count). The topological polar surface area (TPSA) is 164 Å². The van der Waals surface area contributed by atoms with Gasteiger partial charge >= 0.3 is 6.03 Å². The molecule has 0 aromatic carbocycles.